The van der Waals surface area contributed by atoms with Gasteiger partial charge in [0, 0.05) is 34.4 Å². The van der Waals surface area contributed by atoms with Gasteiger partial charge in [0.1, 0.15) is 18.0 Å². The van der Waals surface area contributed by atoms with Crippen molar-refractivity contribution in [2.24, 2.45) is 5.84 Å². The highest BCUT2D eigenvalue weighted by atomic mass is 32.2. The fourth-order valence-corrected chi connectivity index (χ4v) is 2.59. The highest BCUT2D eigenvalue weighted by Gasteiger charge is 2.16. The van der Waals surface area contributed by atoms with Crippen LogP contribution in [0.4, 0.5) is 11.6 Å². The number of nitrogens with zero attached hydrogens (tertiary/aromatic N) is 2. The molecule has 0 aliphatic rings. The van der Waals surface area contributed by atoms with Crippen LogP contribution < -0.4 is 16.6 Å². The van der Waals surface area contributed by atoms with Gasteiger partial charge in [0.25, 0.3) is 0 Å². The molecule has 0 spiro atoms. The molecule has 2 unspecified atom stereocenters. The summed E-state index contributed by atoms with van der Waals surface area (Å²) < 4.78 is 11.2. The molecule has 0 saturated carbocycles. The number of aromatic nitrogens is 2. The molecule has 2 atom stereocenters. The van der Waals surface area contributed by atoms with E-state index in [1.807, 2.05) is 20.8 Å². The van der Waals surface area contributed by atoms with Crippen LogP contribution in [-0.4, -0.2) is 32.2 Å². The van der Waals surface area contributed by atoms with Gasteiger partial charge in [-0.2, -0.15) is 0 Å². The number of nitrogens with one attached hydrogen (secondary N) is 2. The smallest absolute Gasteiger partial charge is 0.148 e. The lowest BCUT2D eigenvalue weighted by Gasteiger charge is -2.19. The zero-order chi connectivity index (χ0) is 13.7. The summed E-state index contributed by atoms with van der Waals surface area (Å²) in [5.74, 6) is 7.62. The first-order valence-electron chi connectivity index (χ1n) is 5.83. The highest BCUT2D eigenvalue weighted by Crippen LogP contribution is 2.27. The van der Waals surface area contributed by atoms with Gasteiger partial charge in [-0.1, -0.05) is 13.8 Å². The Labute approximate surface area is 110 Å². The molecule has 0 saturated heterocycles. The van der Waals surface area contributed by atoms with E-state index in [9.17, 15) is 4.21 Å². The molecule has 0 aromatic carbocycles. The van der Waals surface area contributed by atoms with E-state index in [1.54, 1.807) is 6.26 Å². The minimum atomic E-state index is -0.840. The second-order valence-corrected chi connectivity index (χ2v) is 6.05. The monoisotopic (exact) mass is 271 g/mol. The van der Waals surface area contributed by atoms with Crippen molar-refractivity contribution in [2.75, 3.05) is 22.8 Å². The van der Waals surface area contributed by atoms with Gasteiger partial charge >= 0.3 is 0 Å². The van der Waals surface area contributed by atoms with Gasteiger partial charge in [-0.3, -0.25) is 4.21 Å². The lowest BCUT2D eigenvalue weighted by molar-refractivity contribution is 0.682. The second-order valence-electron chi connectivity index (χ2n) is 4.57. The molecule has 102 valence electrons. The Hall–Kier alpha value is -1.21. The normalized spacial score (nSPS) is 14.3. The first-order chi connectivity index (χ1) is 8.45. The number of rotatable bonds is 6. The van der Waals surface area contributed by atoms with Crippen LogP contribution in [0.1, 0.15) is 32.3 Å². The summed E-state index contributed by atoms with van der Waals surface area (Å²) in [5.41, 5.74) is 3.52. The van der Waals surface area contributed by atoms with Crippen molar-refractivity contribution in [3.05, 3.63) is 11.9 Å². The summed E-state index contributed by atoms with van der Waals surface area (Å²) in [4.78, 5) is 8.34. The van der Waals surface area contributed by atoms with E-state index in [0.717, 1.165) is 11.4 Å². The first-order valence-corrected chi connectivity index (χ1v) is 7.56. The molecule has 1 rings (SSSR count). The van der Waals surface area contributed by atoms with Crippen LogP contribution in [0.25, 0.3) is 0 Å². The summed E-state index contributed by atoms with van der Waals surface area (Å²) in [7, 11) is -0.840. The van der Waals surface area contributed by atoms with E-state index < -0.39 is 10.8 Å². The molecule has 6 nitrogen and oxygen atoms in total. The largest absolute Gasteiger partial charge is 0.366 e. The lowest BCUT2D eigenvalue weighted by atomic mass is 10.0. The van der Waals surface area contributed by atoms with Crippen LogP contribution in [0.15, 0.2) is 6.33 Å². The molecular weight excluding hydrogens is 250 g/mol. The standard InChI is InChI=1S/C11H21N5OS/c1-7(2)9-10(13-6-14-11(9)16-12)15-8(3)5-18(4)17/h6-8H,5,12H2,1-4H3,(H2,13,14,15,16). The predicted octanol–water partition coefficient (Wildman–Crippen LogP) is 1.06. The quantitative estimate of drug-likeness (QED) is 0.529. The minimum absolute atomic E-state index is 0.0776. The average molecular weight is 271 g/mol. The summed E-state index contributed by atoms with van der Waals surface area (Å²) in [6, 6.07) is 0.0776. The minimum Gasteiger partial charge on any atom is -0.366 e. The summed E-state index contributed by atoms with van der Waals surface area (Å²) >= 11 is 0. The number of hydrazine groups is 1. The molecule has 0 radical (unpaired) electrons. The van der Waals surface area contributed by atoms with Crippen LogP contribution in [-0.2, 0) is 10.8 Å². The number of hydrogen-bond acceptors (Lipinski definition) is 6. The maximum atomic E-state index is 11.2. The third-order valence-corrected chi connectivity index (χ3v) is 3.44. The van der Waals surface area contributed by atoms with Crippen molar-refractivity contribution in [1.29, 1.82) is 0 Å². The molecular formula is C11H21N5OS. The zero-order valence-corrected chi connectivity index (χ0v) is 12.0. The van der Waals surface area contributed by atoms with E-state index in [-0.39, 0.29) is 12.0 Å². The Kier molecular flexibility index (Phi) is 5.49. The van der Waals surface area contributed by atoms with Crippen molar-refractivity contribution < 1.29 is 4.21 Å². The van der Waals surface area contributed by atoms with Crippen molar-refractivity contribution in [3.8, 4) is 0 Å². The summed E-state index contributed by atoms with van der Waals surface area (Å²) in [6.07, 6.45) is 3.15. The van der Waals surface area contributed by atoms with Gasteiger partial charge in [0.05, 0.1) is 0 Å². The molecule has 0 fully saturated rings. The Balaban J connectivity index is 2.97. The van der Waals surface area contributed by atoms with Crippen LogP contribution in [0, 0.1) is 0 Å². The molecule has 0 bridgehead atoms. The lowest BCUT2D eigenvalue weighted by Crippen LogP contribution is -2.24. The van der Waals surface area contributed by atoms with E-state index in [0.29, 0.717) is 11.6 Å². The number of hydrogen-bond donors (Lipinski definition) is 3. The molecule has 1 aromatic rings. The van der Waals surface area contributed by atoms with Gasteiger partial charge in [-0.25, -0.2) is 15.8 Å². The molecule has 1 heterocycles. The van der Waals surface area contributed by atoms with Crippen molar-refractivity contribution >= 4 is 22.4 Å². The summed E-state index contributed by atoms with van der Waals surface area (Å²) in [5, 5.41) is 3.26. The maximum Gasteiger partial charge on any atom is 0.148 e. The van der Waals surface area contributed by atoms with E-state index >= 15 is 0 Å². The van der Waals surface area contributed by atoms with E-state index in [1.165, 1.54) is 6.33 Å². The molecule has 0 aliphatic heterocycles. The van der Waals surface area contributed by atoms with Crippen LogP contribution in [0.3, 0.4) is 0 Å². The van der Waals surface area contributed by atoms with Crippen molar-refractivity contribution in [3.63, 3.8) is 0 Å². The third kappa shape index (κ3) is 3.92. The molecule has 18 heavy (non-hydrogen) atoms. The van der Waals surface area contributed by atoms with Crippen LogP contribution >= 0.6 is 0 Å². The Morgan fingerprint density at radius 3 is 2.44 bits per heavy atom. The highest BCUT2D eigenvalue weighted by molar-refractivity contribution is 7.84. The number of nitrogens with two attached hydrogens (primary N) is 1. The predicted molar refractivity (Wildman–Crippen MR) is 75.9 cm³/mol. The molecule has 0 aliphatic carbocycles. The maximum absolute atomic E-state index is 11.2. The Morgan fingerprint density at radius 2 is 1.94 bits per heavy atom. The van der Waals surface area contributed by atoms with Crippen molar-refractivity contribution in [2.45, 2.75) is 32.7 Å². The molecule has 7 heteroatoms. The summed E-state index contributed by atoms with van der Waals surface area (Å²) in [6.45, 7) is 6.07. The van der Waals surface area contributed by atoms with E-state index in [2.05, 4.69) is 20.7 Å². The Bertz CT molecular complexity index is 424. The molecule has 1 aromatic heterocycles. The van der Waals surface area contributed by atoms with Crippen molar-refractivity contribution in [1.82, 2.24) is 9.97 Å². The SMILES string of the molecule is CC(CS(C)=O)Nc1ncnc(NN)c1C(C)C. The molecule has 4 N–H and O–H groups in total. The number of nitrogen functional groups attached to an aromatic ring is 1. The third-order valence-electron chi connectivity index (χ3n) is 2.47. The number of anilines is 2. The fourth-order valence-electron chi connectivity index (χ4n) is 1.80. The van der Waals surface area contributed by atoms with Crippen LogP contribution in [0.5, 0.6) is 0 Å². The second kappa shape index (κ2) is 6.65. The molecule has 0 amide bonds. The van der Waals surface area contributed by atoms with Gasteiger partial charge in [0.2, 0.25) is 0 Å². The Morgan fingerprint density at radius 1 is 1.33 bits per heavy atom. The van der Waals surface area contributed by atoms with E-state index in [4.69, 9.17) is 5.84 Å². The zero-order valence-electron chi connectivity index (χ0n) is 11.2. The van der Waals surface area contributed by atoms with Gasteiger partial charge in [-0.05, 0) is 12.8 Å². The van der Waals surface area contributed by atoms with Gasteiger partial charge < -0.3 is 10.7 Å². The van der Waals surface area contributed by atoms with Gasteiger partial charge in [0.15, 0.2) is 0 Å². The van der Waals surface area contributed by atoms with Gasteiger partial charge in [-0.15, -0.1) is 0 Å². The average Bonchev–Trinajstić information content (AvgIpc) is 2.26. The first kappa shape index (κ1) is 14.8. The topological polar surface area (TPSA) is 92.9 Å². The van der Waals surface area contributed by atoms with Crippen LogP contribution in [0.2, 0.25) is 0 Å². The fraction of sp³-hybridized carbons (Fsp3) is 0.636.